The first-order valence-corrected chi connectivity index (χ1v) is 14.6. The zero-order chi connectivity index (χ0) is 30.7. The molecule has 3 aromatic heterocycles. The molecule has 0 radical (unpaired) electrons. The molecule has 0 bridgehead atoms. The van der Waals surface area contributed by atoms with Crippen LogP contribution in [0.5, 0.6) is 5.88 Å². The Morgan fingerprint density at radius 2 is 1.91 bits per heavy atom. The number of halogens is 4. The van der Waals surface area contributed by atoms with Gasteiger partial charge in [0.1, 0.15) is 17.1 Å². The Labute approximate surface area is 254 Å². The van der Waals surface area contributed by atoms with Crippen LogP contribution in [0, 0.1) is 6.92 Å². The fourth-order valence-corrected chi connectivity index (χ4v) is 5.75. The molecular formula is C30H27ClF3N5O3S. The summed E-state index contributed by atoms with van der Waals surface area (Å²) in [6.45, 7) is 3.79. The van der Waals surface area contributed by atoms with Gasteiger partial charge in [-0.3, -0.25) is 4.79 Å². The van der Waals surface area contributed by atoms with Crippen molar-refractivity contribution in [2.45, 2.75) is 38.6 Å². The lowest BCUT2D eigenvalue weighted by atomic mass is 10.0. The number of nitrogens with one attached hydrogen (secondary N) is 1. The van der Waals surface area contributed by atoms with Gasteiger partial charge in [-0.25, -0.2) is 14.6 Å². The number of thiophene rings is 1. The molecule has 0 unspecified atom stereocenters. The van der Waals surface area contributed by atoms with E-state index in [1.165, 1.54) is 40.5 Å². The summed E-state index contributed by atoms with van der Waals surface area (Å²) in [5, 5.41) is 9.30. The van der Waals surface area contributed by atoms with E-state index in [1.807, 2.05) is 24.3 Å². The molecule has 0 spiro atoms. The standard InChI is InChI=1S/C30H27ClF3N5O3S/c1-4-41-29(40)23(35-3)13-18-5-7-19(8-6-18)22-15-43-26-25(22)36-16-37-28(26)42-27(30(32,33)34)21-10-9-20(31)14-24(21)39-12-11-17(2)38-39/h5-12,14-16,23,27,35H,4,13H2,1-3H3/t23-,27+/m0/s1. The van der Waals surface area contributed by atoms with Crippen LogP contribution in [-0.2, 0) is 16.0 Å². The number of likely N-dealkylation sites (N-methyl/N-ethyl adjacent to an activating group) is 1. The summed E-state index contributed by atoms with van der Waals surface area (Å²) in [4.78, 5) is 20.6. The fraction of sp³-hybridized carbons (Fsp3) is 0.267. The minimum Gasteiger partial charge on any atom is -0.465 e. The van der Waals surface area contributed by atoms with Crippen LogP contribution in [-0.4, -0.2) is 51.6 Å². The Balaban J connectivity index is 1.46. The number of ether oxygens (including phenoxy) is 2. The number of carbonyl (C=O) groups excluding carboxylic acids is 1. The molecule has 43 heavy (non-hydrogen) atoms. The molecule has 224 valence electrons. The third-order valence-electron chi connectivity index (χ3n) is 6.72. The molecule has 5 aromatic rings. The van der Waals surface area contributed by atoms with E-state index in [4.69, 9.17) is 21.1 Å². The highest BCUT2D eigenvalue weighted by molar-refractivity contribution is 7.18. The summed E-state index contributed by atoms with van der Waals surface area (Å²) in [5.74, 6) is -0.520. The molecule has 13 heteroatoms. The molecular weight excluding hydrogens is 603 g/mol. The van der Waals surface area contributed by atoms with Crippen molar-refractivity contribution in [3.63, 3.8) is 0 Å². The van der Waals surface area contributed by atoms with E-state index in [0.717, 1.165) is 16.7 Å². The second-order valence-electron chi connectivity index (χ2n) is 9.64. The van der Waals surface area contributed by atoms with Gasteiger partial charge in [0.2, 0.25) is 12.0 Å². The Hall–Kier alpha value is -4.00. The minimum absolute atomic E-state index is 0.142. The number of esters is 1. The van der Waals surface area contributed by atoms with Crippen molar-refractivity contribution in [2.75, 3.05) is 13.7 Å². The molecule has 0 saturated carbocycles. The summed E-state index contributed by atoms with van der Waals surface area (Å²) in [6, 6.07) is 12.8. The van der Waals surface area contributed by atoms with Gasteiger partial charge in [-0.2, -0.15) is 18.3 Å². The summed E-state index contributed by atoms with van der Waals surface area (Å²) in [7, 11) is 1.70. The molecule has 2 atom stereocenters. The molecule has 5 rings (SSSR count). The van der Waals surface area contributed by atoms with Crippen LogP contribution in [0.4, 0.5) is 13.2 Å². The third-order valence-corrected chi connectivity index (χ3v) is 7.91. The first-order chi connectivity index (χ1) is 20.6. The van der Waals surface area contributed by atoms with Crippen LogP contribution in [0.3, 0.4) is 0 Å². The van der Waals surface area contributed by atoms with Gasteiger partial charge < -0.3 is 14.8 Å². The predicted octanol–water partition coefficient (Wildman–Crippen LogP) is 6.88. The van der Waals surface area contributed by atoms with Crippen LogP contribution < -0.4 is 10.1 Å². The first-order valence-electron chi connectivity index (χ1n) is 13.3. The van der Waals surface area contributed by atoms with Gasteiger partial charge in [0.15, 0.2) is 0 Å². The normalized spacial score (nSPS) is 13.2. The molecule has 0 saturated heterocycles. The quantitative estimate of drug-likeness (QED) is 0.168. The highest BCUT2D eigenvalue weighted by Gasteiger charge is 2.45. The Morgan fingerprint density at radius 3 is 2.56 bits per heavy atom. The SMILES string of the molecule is CCOC(=O)[C@H](Cc1ccc(-c2csc3c(O[C@H](c4ccc(Cl)cc4-n4ccc(C)n4)C(F)(F)F)ncnc23)cc1)NC. The first kappa shape index (κ1) is 30.5. The van der Waals surface area contributed by atoms with Crippen molar-refractivity contribution in [3.05, 3.63) is 88.3 Å². The van der Waals surface area contributed by atoms with E-state index < -0.39 is 18.3 Å². The zero-order valence-corrected chi connectivity index (χ0v) is 24.9. The van der Waals surface area contributed by atoms with Gasteiger partial charge in [0.25, 0.3) is 0 Å². The number of alkyl halides is 3. The number of hydrogen-bond acceptors (Lipinski definition) is 8. The number of fused-ring (bicyclic) bond motifs is 1. The monoisotopic (exact) mass is 629 g/mol. The number of hydrogen-bond donors (Lipinski definition) is 1. The van der Waals surface area contributed by atoms with E-state index in [-0.39, 0.29) is 28.1 Å². The minimum atomic E-state index is -4.78. The van der Waals surface area contributed by atoms with Gasteiger partial charge >= 0.3 is 12.1 Å². The lowest BCUT2D eigenvalue weighted by Gasteiger charge is -2.24. The Kier molecular flexibility index (Phi) is 9.00. The van der Waals surface area contributed by atoms with Crippen molar-refractivity contribution >= 4 is 39.1 Å². The van der Waals surface area contributed by atoms with Gasteiger partial charge in [-0.1, -0.05) is 41.9 Å². The summed E-state index contributed by atoms with van der Waals surface area (Å²) in [6.07, 6.45) is -3.96. The number of aromatic nitrogens is 4. The second-order valence-corrected chi connectivity index (χ2v) is 11.0. The number of nitrogens with zero attached hydrogens (tertiary/aromatic N) is 4. The molecule has 0 fully saturated rings. The predicted molar refractivity (Wildman–Crippen MR) is 159 cm³/mol. The summed E-state index contributed by atoms with van der Waals surface area (Å²) in [5.41, 5.74) is 3.50. The average molecular weight is 630 g/mol. The smallest absolute Gasteiger partial charge is 0.429 e. The van der Waals surface area contributed by atoms with Crippen LogP contribution in [0.25, 0.3) is 27.0 Å². The van der Waals surface area contributed by atoms with Gasteiger partial charge in [-0.05, 0) is 56.6 Å². The molecule has 2 aromatic carbocycles. The second kappa shape index (κ2) is 12.7. The lowest BCUT2D eigenvalue weighted by Crippen LogP contribution is -2.37. The van der Waals surface area contributed by atoms with Crippen LogP contribution in [0.15, 0.2) is 66.4 Å². The number of aryl methyl sites for hydroxylation is 1. The largest absolute Gasteiger partial charge is 0.465 e. The highest BCUT2D eigenvalue weighted by atomic mass is 35.5. The van der Waals surface area contributed by atoms with Crippen molar-refractivity contribution in [1.82, 2.24) is 25.1 Å². The molecule has 0 aliphatic heterocycles. The Bertz CT molecular complexity index is 1740. The average Bonchev–Trinajstić information content (AvgIpc) is 3.61. The molecule has 1 N–H and O–H groups in total. The van der Waals surface area contributed by atoms with Crippen LogP contribution in [0.1, 0.15) is 29.8 Å². The van der Waals surface area contributed by atoms with Crippen molar-refractivity contribution in [2.24, 2.45) is 0 Å². The molecule has 0 amide bonds. The Morgan fingerprint density at radius 1 is 1.14 bits per heavy atom. The maximum atomic E-state index is 14.5. The van der Waals surface area contributed by atoms with E-state index in [1.54, 1.807) is 38.5 Å². The molecule has 3 heterocycles. The number of benzene rings is 2. The maximum absolute atomic E-state index is 14.5. The fourth-order valence-electron chi connectivity index (χ4n) is 4.62. The van der Waals surface area contributed by atoms with Crippen molar-refractivity contribution < 1.29 is 27.4 Å². The van der Waals surface area contributed by atoms with Gasteiger partial charge in [0.05, 0.1) is 23.5 Å². The van der Waals surface area contributed by atoms with Gasteiger partial charge in [-0.15, -0.1) is 11.3 Å². The van der Waals surface area contributed by atoms with E-state index >= 15 is 0 Å². The van der Waals surface area contributed by atoms with E-state index in [0.29, 0.717) is 28.9 Å². The van der Waals surface area contributed by atoms with Crippen LogP contribution in [0.2, 0.25) is 5.02 Å². The number of rotatable bonds is 10. The van der Waals surface area contributed by atoms with Crippen molar-refractivity contribution in [1.29, 1.82) is 0 Å². The lowest BCUT2D eigenvalue weighted by molar-refractivity contribution is -0.198. The zero-order valence-electron chi connectivity index (χ0n) is 23.4. The maximum Gasteiger partial charge on any atom is 0.429 e. The number of carbonyl (C=O) groups is 1. The van der Waals surface area contributed by atoms with Crippen molar-refractivity contribution in [3.8, 4) is 22.7 Å². The topological polar surface area (TPSA) is 91.2 Å². The van der Waals surface area contributed by atoms with Gasteiger partial charge in [0, 0.05) is 27.7 Å². The molecule has 0 aliphatic rings. The summed E-state index contributed by atoms with van der Waals surface area (Å²) >= 11 is 7.34. The molecule has 0 aliphatic carbocycles. The summed E-state index contributed by atoms with van der Waals surface area (Å²) < 4.78 is 56.1. The van der Waals surface area contributed by atoms with E-state index in [9.17, 15) is 18.0 Å². The molecule has 8 nitrogen and oxygen atoms in total. The van der Waals surface area contributed by atoms with E-state index in [2.05, 4.69) is 20.4 Å². The van der Waals surface area contributed by atoms with Crippen LogP contribution >= 0.6 is 22.9 Å². The highest BCUT2D eigenvalue weighted by Crippen LogP contribution is 2.43. The third kappa shape index (κ3) is 6.66.